The minimum Gasteiger partial charge on any atom is -0.456 e. The van der Waals surface area contributed by atoms with Crippen molar-refractivity contribution in [3.05, 3.63) is 133 Å². The van der Waals surface area contributed by atoms with Crippen LogP contribution >= 0.6 is 0 Å². The van der Waals surface area contributed by atoms with E-state index in [9.17, 15) is 0 Å². The van der Waals surface area contributed by atoms with Crippen molar-refractivity contribution in [2.75, 3.05) is 0 Å². The van der Waals surface area contributed by atoms with Gasteiger partial charge in [-0.2, -0.15) is 0 Å². The first-order valence-electron chi connectivity index (χ1n) is 15.4. The molecule has 0 fully saturated rings. The van der Waals surface area contributed by atoms with Gasteiger partial charge in [0.1, 0.15) is 27.8 Å². The molecule has 0 aliphatic heterocycles. The molecule has 5 heteroatoms. The smallest absolute Gasteiger partial charge is 0.227 e. The van der Waals surface area contributed by atoms with Gasteiger partial charge in [-0.3, -0.25) is 0 Å². The first kappa shape index (κ1) is 24.0. The number of fused-ring (bicyclic) bond motifs is 13. The Kier molecular flexibility index (Phi) is 4.52. The quantitative estimate of drug-likeness (QED) is 0.201. The fraction of sp³-hybridized carbons (Fsp3) is 0. The molecule has 0 N–H and O–H groups in total. The average Bonchev–Trinajstić information content (AvgIpc) is 3.87. The largest absolute Gasteiger partial charge is 0.456 e. The lowest BCUT2D eigenvalue weighted by Crippen LogP contribution is -1.97. The van der Waals surface area contributed by atoms with E-state index in [0.29, 0.717) is 5.89 Å². The van der Waals surface area contributed by atoms with Gasteiger partial charge < -0.3 is 17.8 Å². The van der Waals surface area contributed by atoms with Crippen LogP contribution in [0.4, 0.5) is 0 Å². The molecule has 0 atom stereocenters. The van der Waals surface area contributed by atoms with E-state index in [-0.39, 0.29) is 0 Å². The van der Waals surface area contributed by atoms with Crippen LogP contribution in [0, 0.1) is 0 Å². The van der Waals surface area contributed by atoms with Gasteiger partial charge in [0, 0.05) is 48.7 Å². The summed E-state index contributed by atoms with van der Waals surface area (Å²) >= 11 is 0. The molecular weight excluding hydrogens is 568 g/mol. The predicted octanol–water partition coefficient (Wildman–Crippen LogP) is 11.5. The Morgan fingerprint density at radius 2 is 1.13 bits per heavy atom. The Balaban J connectivity index is 1.33. The minimum absolute atomic E-state index is 0.585. The van der Waals surface area contributed by atoms with Gasteiger partial charge in [-0.1, -0.05) is 72.8 Å². The van der Waals surface area contributed by atoms with E-state index in [1.54, 1.807) is 0 Å². The predicted molar refractivity (Wildman–Crippen MR) is 186 cm³/mol. The number of oxazole rings is 1. The van der Waals surface area contributed by atoms with Gasteiger partial charge in [0.15, 0.2) is 5.58 Å². The number of furan rings is 2. The first-order chi connectivity index (χ1) is 22.8. The second-order valence-electron chi connectivity index (χ2n) is 11.9. The number of hydrogen-bond acceptors (Lipinski definition) is 4. The van der Waals surface area contributed by atoms with E-state index in [0.717, 1.165) is 88.0 Å². The van der Waals surface area contributed by atoms with Crippen molar-refractivity contribution in [3.63, 3.8) is 0 Å². The maximum Gasteiger partial charge on any atom is 0.227 e. The van der Waals surface area contributed by atoms with E-state index in [2.05, 4.69) is 89.5 Å². The van der Waals surface area contributed by atoms with Crippen molar-refractivity contribution in [1.29, 1.82) is 0 Å². The van der Waals surface area contributed by atoms with Crippen LogP contribution in [-0.2, 0) is 0 Å². The highest BCUT2D eigenvalue weighted by molar-refractivity contribution is 6.28. The standard InChI is InChI=1S/C41H22N2O3/c1-5-13-30-27(10-1)37-31(21-22-36-39(37)28-11-3-7-15-34(28)44-36)43(30)32-20-19-26(41-42-29-12-4-8-16-35(29)46-41)24-17-18-25-23-9-2-6-14-33(23)45-40(25)38(24)32/h1-22H. The molecule has 0 saturated carbocycles. The molecule has 0 saturated heterocycles. The Hall–Kier alpha value is -6.33. The molecule has 0 amide bonds. The Bertz CT molecular complexity index is 3010. The Morgan fingerprint density at radius 3 is 2.00 bits per heavy atom. The Morgan fingerprint density at radius 1 is 0.413 bits per heavy atom. The summed E-state index contributed by atoms with van der Waals surface area (Å²) in [5.41, 5.74) is 9.22. The molecule has 5 nitrogen and oxygen atoms in total. The second-order valence-corrected chi connectivity index (χ2v) is 11.9. The normalized spacial score (nSPS) is 12.3. The third kappa shape index (κ3) is 3.06. The van der Waals surface area contributed by atoms with Crippen LogP contribution < -0.4 is 0 Å². The maximum atomic E-state index is 6.71. The van der Waals surface area contributed by atoms with Gasteiger partial charge >= 0.3 is 0 Å². The van der Waals surface area contributed by atoms with Gasteiger partial charge in [0.05, 0.1) is 16.7 Å². The lowest BCUT2D eigenvalue weighted by Gasteiger charge is -2.14. The molecule has 214 valence electrons. The van der Waals surface area contributed by atoms with Crippen molar-refractivity contribution in [1.82, 2.24) is 9.55 Å². The summed E-state index contributed by atoms with van der Waals surface area (Å²) in [5.74, 6) is 0.585. The summed E-state index contributed by atoms with van der Waals surface area (Å²) in [7, 11) is 0. The zero-order valence-electron chi connectivity index (χ0n) is 24.3. The molecule has 0 bridgehead atoms. The minimum atomic E-state index is 0.585. The molecule has 0 radical (unpaired) electrons. The van der Waals surface area contributed by atoms with Crippen LogP contribution in [0.3, 0.4) is 0 Å². The van der Waals surface area contributed by atoms with Gasteiger partial charge in [-0.15, -0.1) is 0 Å². The van der Waals surface area contributed by atoms with Gasteiger partial charge in [-0.25, -0.2) is 4.98 Å². The van der Waals surface area contributed by atoms with E-state index in [1.807, 2.05) is 48.5 Å². The summed E-state index contributed by atoms with van der Waals surface area (Å²) in [6, 6.07) is 46.0. The van der Waals surface area contributed by atoms with E-state index >= 15 is 0 Å². The number of aromatic nitrogens is 2. The third-order valence-corrected chi connectivity index (χ3v) is 9.44. The monoisotopic (exact) mass is 590 g/mol. The SMILES string of the molecule is c1ccc2oc(-c3ccc(-n4c5ccccc5c5c6c(ccc54)oc4ccccc46)c4c3ccc3c5ccccc5oc34)nc2c1. The molecule has 0 spiro atoms. The maximum absolute atomic E-state index is 6.71. The highest BCUT2D eigenvalue weighted by Crippen LogP contribution is 2.45. The van der Waals surface area contributed by atoms with Crippen molar-refractivity contribution < 1.29 is 13.3 Å². The van der Waals surface area contributed by atoms with Crippen LogP contribution in [0.25, 0.3) is 105 Å². The van der Waals surface area contributed by atoms with Crippen LogP contribution in [-0.4, -0.2) is 9.55 Å². The third-order valence-electron chi connectivity index (χ3n) is 9.44. The molecule has 4 aromatic heterocycles. The fourth-order valence-electron chi connectivity index (χ4n) is 7.50. The highest BCUT2D eigenvalue weighted by Gasteiger charge is 2.23. The fourth-order valence-corrected chi connectivity index (χ4v) is 7.50. The molecule has 11 aromatic rings. The second kappa shape index (κ2) is 8.65. The number of benzene rings is 7. The molecule has 11 rings (SSSR count). The molecule has 4 heterocycles. The topological polar surface area (TPSA) is 57.2 Å². The van der Waals surface area contributed by atoms with Crippen molar-refractivity contribution in [3.8, 4) is 17.1 Å². The van der Waals surface area contributed by atoms with Crippen LogP contribution in [0.5, 0.6) is 0 Å². The van der Waals surface area contributed by atoms with E-state index < -0.39 is 0 Å². The van der Waals surface area contributed by atoms with Crippen LogP contribution in [0.15, 0.2) is 147 Å². The van der Waals surface area contributed by atoms with E-state index in [1.165, 1.54) is 10.8 Å². The van der Waals surface area contributed by atoms with Crippen molar-refractivity contribution >= 4 is 87.6 Å². The highest BCUT2D eigenvalue weighted by atomic mass is 16.3. The van der Waals surface area contributed by atoms with Crippen molar-refractivity contribution in [2.24, 2.45) is 0 Å². The van der Waals surface area contributed by atoms with Gasteiger partial charge in [-0.05, 0) is 60.7 Å². The van der Waals surface area contributed by atoms with Crippen molar-refractivity contribution in [2.45, 2.75) is 0 Å². The number of nitrogens with zero attached hydrogens (tertiary/aromatic N) is 2. The summed E-state index contributed by atoms with van der Waals surface area (Å²) in [5, 5.41) is 8.76. The lowest BCUT2D eigenvalue weighted by molar-refractivity contribution is 0.620. The zero-order valence-corrected chi connectivity index (χ0v) is 24.3. The molecule has 46 heavy (non-hydrogen) atoms. The average molecular weight is 591 g/mol. The number of para-hydroxylation sites is 5. The lowest BCUT2D eigenvalue weighted by atomic mass is 9.99. The molecule has 0 aliphatic rings. The summed E-state index contributed by atoms with van der Waals surface area (Å²) < 4.78 is 21.7. The molecule has 7 aromatic carbocycles. The molecular formula is C41H22N2O3. The number of rotatable bonds is 2. The first-order valence-corrected chi connectivity index (χ1v) is 15.4. The van der Waals surface area contributed by atoms with E-state index in [4.69, 9.17) is 18.2 Å². The molecule has 0 aliphatic carbocycles. The Labute approximate surface area is 260 Å². The van der Waals surface area contributed by atoms with Crippen LogP contribution in [0.1, 0.15) is 0 Å². The van der Waals surface area contributed by atoms with Crippen LogP contribution in [0.2, 0.25) is 0 Å². The number of hydrogen-bond donors (Lipinski definition) is 0. The molecule has 0 unspecified atom stereocenters. The zero-order chi connectivity index (χ0) is 29.9. The summed E-state index contributed by atoms with van der Waals surface area (Å²) in [6.07, 6.45) is 0. The summed E-state index contributed by atoms with van der Waals surface area (Å²) in [6.45, 7) is 0. The summed E-state index contributed by atoms with van der Waals surface area (Å²) in [4.78, 5) is 4.89. The van der Waals surface area contributed by atoms with Gasteiger partial charge in [0.25, 0.3) is 0 Å². The van der Waals surface area contributed by atoms with Gasteiger partial charge in [0.2, 0.25) is 5.89 Å².